The van der Waals surface area contributed by atoms with Crippen molar-refractivity contribution in [2.75, 3.05) is 37.6 Å². The van der Waals surface area contributed by atoms with E-state index in [9.17, 15) is 9.59 Å². The number of carbonyl (C=O) groups is 2. The summed E-state index contributed by atoms with van der Waals surface area (Å²) in [4.78, 5) is 28.5. The molecule has 1 aliphatic heterocycles. The minimum Gasteiger partial charge on any atom is -0.369 e. The van der Waals surface area contributed by atoms with Crippen LogP contribution in [0.5, 0.6) is 0 Å². The lowest BCUT2D eigenvalue weighted by atomic mass is 10.00. The van der Waals surface area contributed by atoms with E-state index in [1.54, 1.807) is 6.92 Å². The highest BCUT2D eigenvalue weighted by Gasteiger charge is 2.20. The predicted molar refractivity (Wildman–Crippen MR) is 127 cm³/mol. The largest absolute Gasteiger partial charge is 0.369 e. The Hall–Kier alpha value is -2.66. The number of amides is 1. The molecule has 3 rings (SSSR count). The highest BCUT2D eigenvalue weighted by atomic mass is 16.2. The molecule has 31 heavy (non-hydrogen) atoms. The van der Waals surface area contributed by atoms with Gasteiger partial charge in [0.25, 0.3) is 0 Å². The van der Waals surface area contributed by atoms with Gasteiger partial charge in [-0.15, -0.1) is 0 Å². The Morgan fingerprint density at radius 2 is 1.52 bits per heavy atom. The maximum Gasteiger partial charge on any atom is 0.234 e. The van der Waals surface area contributed by atoms with Crippen LogP contribution in [0, 0.1) is 5.92 Å². The van der Waals surface area contributed by atoms with Gasteiger partial charge in [-0.25, -0.2) is 0 Å². The molecule has 1 amide bonds. The minimum absolute atomic E-state index is 0.00156. The highest BCUT2D eigenvalue weighted by Crippen LogP contribution is 2.18. The van der Waals surface area contributed by atoms with Gasteiger partial charge in [0.05, 0.1) is 12.6 Å². The second-order valence-corrected chi connectivity index (χ2v) is 9.00. The summed E-state index contributed by atoms with van der Waals surface area (Å²) in [5.74, 6) is 0.796. The number of nitrogens with one attached hydrogen (secondary N) is 1. The molecule has 1 fully saturated rings. The van der Waals surface area contributed by atoms with Crippen LogP contribution >= 0.6 is 0 Å². The zero-order chi connectivity index (χ0) is 22.4. The van der Waals surface area contributed by atoms with E-state index in [1.165, 1.54) is 5.56 Å². The molecule has 1 atom stereocenters. The molecule has 2 aromatic rings. The lowest BCUT2D eigenvalue weighted by Crippen LogP contribution is -2.49. The molecule has 0 saturated carbocycles. The van der Waals surface area contributed by atoms with Gasteiger partial charge in [0.2, 0.25) is 5.91 Å². The molecule has 0 radical (unpaired) electrons. The van der Waals surface area contributed by atoms with Crippen LogP contribution in [0.1, 0.15) is 55.2 Å². The summed E-state index contributed by atoms with van der Waals surface area (Å²) in [6.45, 7) is 11.9. The first-order valence-corrected chi connectivity index (χ1v) is 11.3. The van der Waals surface area contributed by atoms with Crippen molar-refractivity contribution in [3.05, 3.63) is 65.2 Å². The fourth-order valence-corrected chi connectivity index (χ4v) is 4.06. The van der Waals surface area contributed by atoms with Crippen molar-refractivity contribution in [1.29, 1.82) is 0 Å². The van der Waals surface area contributed by atoms with Crippen LogP contribution in [0.3, 0.4) is 0 Å². The Labute approximate surface area is 186 Å². The van der Waals surface area contributed by atoms with Crippen molar-refractivity contribution < 1.29 is 9.59 Å². The van der Waals surface area contributed by atoms with Crippen molar-refractivity contribution in [2.45, 2.75) is 40.2 Å². The second kappa shape index (κ2) is 10.6. The van der Waals surface area contributed by atoms with Gasteiger partial charge in [-0.05, 0) is 61.6 Å². The van der Waals surface area contributed by atoms with Gasteiger partial charge in [0.15, 0.2) is 5.78 Å². The van der Waals surface area contributed by atoms with Gasteiger partial charge in [0.1, 0.15) is 0 Å². The van der Waals surface area contributed by atoms with Crippen LogP contribution in [0.25, 0.3) is 0 Å². The average Bonchev–Trinajstić information content (AvgIpc) is 2.74. The van der Waals surface area contributed by atoms with Crippen molar-refractivity contribution in [1.82, 2.24) is 10.2 Å². The molecule has 5 heteroatoms. The van der Waals surface area contributed by atoms with Crippen molar-refractivity contribution >= 4 is 17.4 Å². The number of piperazine rings is 1. The van der Waals surface area contributed by atoms with Crippen LogP contribution in [-0.4, -0.2) is 49.3 Å². The molecule has 0 bridgehead atoms. The number of hydrogen-bond donors (Lipinski definition) is 1. The van der Waals surface area contributed by atoms with Crippen LogP contribution < -0.4 is 10.2 Å². The molecule has 1 saturated heterocycles. The SMILES string of the molecule is CC(=O)c1ccc(N2CCN(CC(=O)N[C@H](C)c3ccc(CC(C)C)cc3)CC2)cc1. The van der Waals surface area contributed by atoms with Crippen LogP contribution in [0.2, 0.25) is 0 Å². The van der Waals surface area contributed by atoms with E-state index in [0.717, 1.165) is 49.4 Å². The number of carbonyl (C=O) groups excluding carboxylic acids is 2. The lowest BCUT2D eigenvalue weighted by molar-refractivity contribution is -0.123. The summed E-state index contributed by atoms with van der Waals surface area (Å²) in [7, 11) is 0. The monoisotopic (exact) mass is 421 g/mol. The van der Waals surface area contributed by atoms with E-state index in [1.807, 2.05) is 31.2 Å². The number of anilines is 1. The molecular formula is C26H35N3O2. The third-order valence-corrected chi connectivity index (χ3v) is 5.88. The Morgan fingerprint density at radius 1 is 0.903 bits per heavy atom. The zero-order valence-electron chi connectivity index (χ0n) is 19.2. The molecular weight excluding hydrogens is 386 g/mol. The molecule has 0 spiro atoms. The van der Waals surface area contributed by atoms with Crippen molar-refractivity contribution in [3.8, 4) is 0 Å². The van der Waals surface area contributed by atoms with Crippen LogP contribution in [0.15, 0.2) is 48.5 Å². The van der Waals surface area contributed by atoms with E-state index in [0.29, 0.717) is 12.5 Å². The highest BCUT2D eigenvalue weighted by molar-refractivity contribution is 5.94. The molecule has 166 valence electrons. The molecule has 1 N–H and O–H groups in total. The van der Waals surface area contributed by atoms with E-state index in [-0.39, 0.29) is 17.7 Å². The number of ketones is 1. The Morgan fingerprint density at radius 3 is 2.06 bits per heavy atom. The number of Topliss-reactive ketones (excluding diaryl/α,β-unsaturated/α-hetero) is 1. The number of hydrogen-bond acceptors (Lipinski definition) is 4. The molecule has 1 heterocycles. The standard InChI is InChI=1S/C26H35N3O2/c1-19(2)17-22-5-7-23(8-6-22)20(3)27-26(31)18-28-13-15-29(16-14-28)25-11-9-24(10-12-25)21(4)30/h5-12,19-20H,13-18H2,1-4H3,(H,27,31)/t20-/m1/s1. The van der Waals surface area contributed by atoms with Gasteiger partial charge in [-0.1, -0.05) is 38.1 Å². The van der Waals surface area contributed by atoms with Crippen molar-refractivity contribution in [3.63, 3.8) is 0 Å². The van der Waals surface area contributed by atoms with Crippen molar-refractivity contribution in [2.24, 2.45) is 5.92 Å². The van der Waals surface area contributed by atoms with Gasteiger partial charge in [0, 0.05) is 37.4 Å². The quantitative estimate of drug-likeness (QED) is 0.653. The Bertz CT molecular complexity index is 867. The van der Waals surface area contributed by atoms with Gasteiger partial charge in [-0.2, -0.15) is 0 Å². The number of nitrogens with zero attached hydrogens (tertiary/aromatic N) is 2. The molecule has 0 unspecified atom stereocenters. The Balaban J connectivity index is 1.44. The van der Waals surface area contributed by atoms with E-state index in [4.69, 9.17) is 0 Å². The normalized spacial score (nSPS) is 15.7. The summed E-state index contributed by atoms with van der Waals surface area (Å²) in [5, 5.41) is 3.14. The van der Waals surface area contributed by atoms with E-state index in [2.05, 4.69) is 53.2 Å². The second-order valence-electron chi connectivity index (χ2n) is 9.00. The lowest BCUT2D eigenvalue weighted by Gasteiger charge is -2.36. The molecule has 1 aliphatic rings. The Kier molecular flexibility index (Phi) is 7.85. The van der Waals surface area contributed by atoms with E-state index < -0.39 is 0 Å². The first-order valence-electron chi connectivity index (χ1n) is 11.3. The number of benzene rings is 2. The third-order valence-electron chi connectivity index (χ3n) is 5.88. The fourth-order valence-electron chi connectivity index (χ4n) is 4.06. The third kappa shape index (κ3) is 6.66. The maximum absolute atomic E-state index is 12.6. The first kappa shape index (κ1) is 23.0. The van der Waals surface area contributed by atoms with Gasteiger partial charge < -0.3 is 10.2 Å². The molecule has 0 aliphatic carbocycles. The fraction of sp³-hybridized carbons (Fsp3) is 0.462. The summed E-state index contributed by atoms with van der Waals surface area (Å²) < 4.78 is 0. The first-order chi connectivity index (χ1) is 14.8. The maximum atomic E-state index is 12.6. The zero-order valence-corrected chi connectivity index (χ0v) is 19.2. The summed E-state index contributed by atoms with van der Waals surface area (Å²) >= 11 is 0. The smallest absolute Gasteiger partial charge is 0.234 e. The van der Waals surface area contributed by atoms with Crippen LogP contribution in [-0.2, 0) is 11.2 Å². The van der Waals surface area contributed by atoms with Gasteiger partial charge >= 0.3 is 0 Å². The summed E-state index contributed by atoms with van der Waals surface area (Å²) in [5.41, 5.74) is 4.34. The molecule has 2 aromatic carbocycles. The number of rotatable bonds is 8. The summed E-state index contributed by atoms with van der Waals surface area (Å²) in [6, 6.07) is 16.4. The van der Waals surface area contributed by atoms with Crippen LogP contribution in [0.4, 0.5) is 5.69 Å². The average molecular weight is 422 g/mol. The molecule has 0 aromatic heterocycles. The van der Waals surface area contributed by atoms with Gasteiger partial charge in [-0.3, -0.25) is 14.5 Å². The topological polar surface area (TPSA) is 52.7 Å². The molecule has 5 nitrogen and oxygen atoms in total. The van der Waals surface area contributed by atoms with E-state index >= 15 is 0 Å². The predicted octanol–water partition coefficient (Wildman–Crippen LogP) is 4.09. The minimum atomic E-state index is 0.00156. The summed E-state index contributed by atoms with van der Waals surface area (Å²) in [6.07, 6.45) is 1.08.